The molecule has 0 aliphatic heterocycles. The molecule has 0 atom stereocenters. The molecule has 2 aromatic carbocycles. The molecule has 3 aromatic rings. The zero-order chi connectivity index (χ0) is 13.9. The molecule has 5 heteroatoms. The van der Waals surface area contributed by atoms with Crippen LogP contribution in [0.1, 0.15) is 5.56 Å². The van der Waals surface area contributed by atoms with Gasteiger partial charge in [0.2, 0.25) is 5.95 Å². The highest BCUT2D eigenvalue weighted by Gasteiger charge is 2.06. The van der Waals surface area contributed by atoms with E-state index in [0.29, 0.717) is 5.95 Å². The summed E-state index contributed by atoms with van der Waals surface area (Å²) in [5.41, 5.74) is 3.50. The lowest BCUT2D eigenvalue weighted by Gasteiger charge is -2.07. The first kappa shape index (κ1) is 12.9. The molecule has 20 heavy (non-hydrogen) atoms. The van der Waals surface area contributed by atoms with Crippen LogP contribution in [-0.2, 0) is 0 Å². The van der Waals surface area contributed by atoms with Crippen LogP contribution >= 0.6 is 11.8 Å². The number of rotatable bonds is 3. The van der Waals surface area contributed by atoms with Crippen LogP contribution in [0.15, 0.2) is 58.6 Å². The Morgan fingerprint density at radius 1 is 1.10 bits per heavy atom. The molecule has 0 aliphatic carbocycles. The fourth-order valence-corrected chi connectivity index (χ4v) is 2.83. The molecule has 0 fully saturated rings. The van der Waals surface area contributed by atoms with Crippen LogP contribution in [0.2, 0.25) is 0 Å². The van der Waals surface area contributed by atoms with Gasteiger partial charge in [-0.15, -0.1) is 0 Å². The second-order valence-corrected chi connectivity index (χ2v) is 5.50. The average molecular weight is 282 g/mol. The zero-order valence-electron chi connectivity index (χ0n) is 11.0. The zero-order valence-corrected chi connectivity index (χ0v) is 11.8. The van der Waals surface area contributed by atoms with Crippen LogP contribution in [0.5, 0.6) is 0 Å². The van der Waals surface area contributed by atoms with Gasteiger partial charge in [-0.2, -0.15) is 0 Å². The van der Waals surface area contributed by atoms with Crippen molar-refractivity contribution in [2.45, 2.75) is 16.8 Å². The van der Waals surface area contributed by atoms with Crippen LogP contribution in [-0.4, -0.2) is 9.97 Å². The lowest BCUT2D eigenvalue weighted by atomic mass is 10.1. The Labute approximate surface area is 121 Å². The summed E-state index contributed by atoms with van der Waals surface area (Å²) in [7, 11) is 0. The lowest BCUT2D eigenvalue weighted by Crippen LogP contribution is -2.10. The molecule has 0 spiro atoms. The second kappa shape index (κ2) is 5.48. The SMILES string of the molecule is Cc1cnc(NN)nc1Sc1ccc2ccccc2c1. The average Bonchev–Trinajstić information content (AvgIpc) is 2.49. The largest absolute Gasteiger partial charge is 0.292 e. The van der Waals surface area contributed by atoms with Gasteiger partial charge in [-0.25, -0.2) is 15.8 Å². The molecule has 0 aliphatic rings. The molecule has 0 saturated carbocycles. The van der Waals surface area contributed by atoms with E-state index >= 15 is 0 Å². The quantitative estimate of drug-likeness (QED) is 0.438. The monoisotopic (exact) mass is 282 g/mol. The molecule has 0 amide bonds. The number of anilines is 1. The highest BCUT2D eigenvalue weighted by atomic mass is 32.2. The van der Waals surface area contributed by atoms with Crippen molar-refractivity contribution >= 4 is 28.5 Å². The number of hydrogen-bond acceptors (Lipinski definition) is 5. The minimum Gasteiger partial charge on any atom is -0.292 e. The van der Waals surface area contributed by atoms with Crippen molar-refractivity contribution in [3.8, 4) is 0 Å². The van der Waals surface area contributed by atoms with Gasteiger partial charge in [0.05, 0.1) is 0 Å². The summed E-state index contributed by atoms with van der Waals surface area (Å²) in [5.74, 6) is 5.78. The van der Waals surface area contributed by atoms with Gasteiger partial charge in [0.15, 0.2) is 0 Å². The number of nitrogens with zero attached hydrogens (tertiary/aromatic N) is 2. The van der Waals surface area contributed by atoms with E-state index in [9.17, 15) is 0 Å². The molecule has 3 N–H and O–H groups in total. The number of nitrogens with two attached hydrogens (primary N) is 1. The molecule has 1 heterocycles. The summed E-state index contributed by atoms with van der Waals surface area (Å²) in [6.45, 7) is 1.99. The minimum absolute atomic E-state index is 0.430. The fraction of sp³-hybridized carbons (Fsp3) is 0.0667. The van der Waals surface area contributed by atoms with Gasteiger partial charge < -0.3 is 0 Å². The Balaban J connectivity index is 1.96. The van der Waals surface area contributed by atoms with E-state index in [1.807, 2.05) is 19.1 Å². The van der Waals surface area contributed by atoms with Gasteiger partial charge in [-0.3, -0.25) is 5.43 Å². The van der Waals surface area contributed by atoms with Crippen molar-refractivity contribution in [1.82, 2.24) is 9.97 Å². The fourth-order valence-electron chi connectivity index (χ4n) is 1.94. The number of benzene rings is 2. The van der Waals surface area contributed by atoms with Crippen molar-refractivity contribution in [2.24, 2.45) is 5.84 Å². The molecular formula is C15H14N4S. The summed E-state index contributed by atoms with van der Waals surface area (Å²) >= 11 is 1.61. The number of nitrogens with one attached hydrogen (secondary N) is 1. The standard InChI is InChI=1S/C15H14N4S/c1-10-9-17-15(19-16)18-14(10)20-13-7-6-11-4-2-3-5-12(11)8-13/h2-9H,16H2,1H3,(H,17,18,19). The van der Waals surface area contributed by atoms with E-state index in [4.69, 9.17) is 5.84 Å². The van der Waals surface area contributed by atoms with Crippen molar-refractivity contribution in [2.75, 3.05) is 5.43 Å². The predicted octanol–water partition coefficient (Wildman–Crippen LogP) is 3.38. The molecule has 100 valence electrons. The van der Waals surface area contributed by atoms with Gasteiger partial charge in [0, 0.05) is 16.7 Å². The Morgan fingerprint density at radius 2 is 1.90 bits per heavy atom. The number of nitrogen functional groups attached to an aromatic ring is 1. The highest BCUT2D eigenvalue weighted by Crippen LogP contribution is 2.31. The number of hydrazine groups is 1. The first-order valence-electron chi connectivity index (χ1n) is 6.23. The van der Waals surface area contributed by atoms with E-state index in [-0.39, 0.29) is 0 Å². The Morgan fingerprint density at radius 3 is 2.70 bits per heavy atom. The molecular weight excluding hydrogens is 268 g/mol. The molecule has 1 aromatic heterocycles. The molecule has 4 nitrogen and oxygen atoms in total. The van der Waals surface area contributed by atoms with Crippen LogP contribution in [0.4, 0.5) is 5.95 Å². The van der Waals surface area contributed by atoms with E-state index in [2.05, 4.69) is 45.7 Å². The van der Waals surface area contributed by atoms with Gasteiger partial charge in [-0.05, 0) is 29.8 Å². The lowest BCUT2D eigenvalue weighted by molar-refractivity contribution is 0.992. The van der Waals surface area contributed by atoms with Crippen molar-refractivity contribution < 1.29 is 0 Å². The smallest absolute Gasteiger partial charge is 0.238 e. The van der Waals surface area contributed by atoms with Gasteiger partial charge in [-0.1, -0.05) is 42.1 Å². The third kappa shape index (κ3) is 2.59. The van der Waals surface area contributed by atoms with Crippen LogP contribution in [0.25, 0.3) is 10.8 Å². The Hall–Kier alpha value is -2.11. The van der Waals surface area contributed by atoms with E-state index in [1.54, 1.807) is 18.0 Å². The summed E-state index contributed by atoms with van der Waals surface area (Å²) in [4.78, 5) is 9.62. The third-order valence-electron chi connectivity index (χ3n) is 2.99. The summed E-state index contributed by atoms with van der Waals surface area (Å²) in [6.07, 6.45) is 1.77. The van der Waals surface area contributed by atoms with Crippen LogP contribution in [0.3, 0.4) is 0 Å². The van der Waals surface area contributed by atoms with Gasteiger partial charge in [0.1, 0.15) is 5.03 Å². The third-order valence-corrected chi connectivity index (χ3v) is 4.09. The normalized spacial score (nSPS) is 10.7. The van der Waals surface area contributed by atoms with Crippen molar-refractivity contribution in [1.29, 1.82) is 0 Å². The first-order valence-corrected chi connectivity index (χ1v) is 7.05. The predicted molar refractivity (Wildman–Crippen MR) is 82.7 cm³/mol. The molecule has 0 bridgehead atoms. The highest BCUT2D eigenvalue weighted by molar-refractivity contribution is 7.99. The number of fused-ring (bicyclic) bond motifs is 1. The second-order valence-electron chi connectivity index (χ2n) is 4.44. The molecule has 0 radical (unpaired) electrons. The maximum atomic E-state index is 5.35. The Kier molecular flexibility index (Phi) is 3.54. The summed E-state index contributed by atoms with van der Waals surface area (Å²) in [6, 6.07) is 14.7. The van der Waals surface area contributed by atoms with E-state index in [0.717, 1.165) is 15.5 Å². The molecule has 0 unspecified atom stereocenters. The first-order chi connectivity index (χ1) is 9.76. The van der Waals surface area contributed by atoms with Gasteiger partial charge >= 0.3 is 0 Å². The summed E-state index contributed by atoms with van der Waals surface area (Å²) in [5, 5.41) is 3.37. The van der Waals surface area contributed by atoms with Crippen LogP contribution in [0, 0.1) is 6.92 Å². The molecule has 3 rings (SSSR count). The number of aryl methyl sites for hydroxylation is 1. The van der Waals surface area contributed by atoms with E-state index < -0.39 is 0 Å². The number of hydrogen-bond donors (Lipinski definition) is 2. The summed E-state index contributed by atoms with van der Waals surface area (Å²) < 4.78 is 0. The van der Waals surface area contributed by atoms with Crippen LogP contribution < -0.4 is 11.3 Å². The van der Waals surface area contributed by atoms with Gasteiger partial charge in [0.25, 0.3) is 0 Å². The van der Waals surface area contributed by atoms with E-state index in [1.165, 1.54) is 10.8 Å². The molecule has 0 saturated heterocycles. The maximum absolute atomic E-state index is 5.35. The topological polar surface area (TPSA) is 63.8 Å². The Bertz CT molecular complexity index is 758. The maximum Gasteiger partial charge on any atom is 0.238 e. The van der Waals surface area contributed by atoms with Crippen molar-refractivity contribution in [3.05, 3.63) is 54.2 Å². The number of aromatic nitrogens is 2. The van der Waals surface area contributed by atoms with Crippen molar-refractivity contribution in [3.63, 3.8) is 0 Å². The minimum atomic E-state index is 0.430.